The van der Waals surface area contributed by atoms with E-state index in [2.05, 4.69) is 0 Å². The summed E-state index contributed by atoms with van der Waals surface area (Å²) in [7, 11) is -7.48. The average Bonchev–Trinajstić information content (AvgIpc) is 1.96. The molecular weight excluding hydrogens is 235 g/mol. The van der Waals surface area contributed by atoms with E-state index in [9.17, 15) is 12.3 Å². The summed E-state index contributed by atoms with van der Waals surface area (Å²) in [6.07, 6.45) is 0. The Bertz CT molecular complexity index is 277. The molecule has 0 radical (unpaired) electrons. The molecule has 0 rings (SSSR count). The summed E-state index contributed by atoms with van der Waals surface area (Å²) in [4.78, 5) is 0. The zero-order valence-corrected chi connectivity index (χ0v) is 12.1. The molecule has 0 aromatic carbocycles. The van der Waals surface area contributed by atoms with Crippen molar-refractivity contribution in [2.24, 2.45) is 0 Å². The van der Waals surface area contributed by atoms with Crippen LogP contribution in [0.25, 0.3) is 0 Å². The second-order valence-electron chi connectivity index (χ2n) is 4.79. The first-order valence-corrected chi connectivity index (χ1v) is 8.64. The maximum absolute atomic E-state index is 12.7. The summed E-state index contributed by atoms with van der Waals surface area (Å²) in [5, 5.41) is 0. The molecule has 15 heavy (non-hydrogen) atoms. The molecule has 0 aliphatic rings. The summed E-state index contributed by atoms with van der Waals surface area (Å²) in [6, 6.07) is 0. The van der Waals surface area contributed by atoms with Gasteiger partial charge in [0.15, 0.2) is 0 Å². The standard InChI is InChI=1S/C9H21FO3SSi/c1-7(2)15(8(3)4,9(5)6)13-14(10,11)12/h7-9H,1-6H3. The van der Waals surface area contributed by atoms with Crippen LogP contribution >= 0.6 is 0 Å². The highest BCUT2D eigenvalue weighted by molar-refractivity contribution is 7.82. The maximum Gasteiger partial charge on any atom is 0.427 e. The van der Waals surface area contributed by atoms with Crippen molar-refractivity contribution in [3.63, 3.8) is 0 Å². The molecule has 0 spiro atoms. The van der Waals surface area contributed by atoms with E-state index in [1.807, 2.05) is 41.5 Å². The van der Waals surface area contributed by atoms with E-state index in [-0.39, 0.29) is 16.6 Å². The summed E-state index contributed by atoms with van der Waals surface area (Å²) >= 11 is 0. The predicted molar refractivity (Wildman–Crippen MR) is 62.2 cm³/mol. The molecular formula is C9H21FO3SSi. The smallest absolute Gasteiger partial charge is 0.289 e. The van der Waals surface area contributed by atoms with Gasteiger partial charge in [-0.05, 0) is 16.6 Å². The van der Waals surface area contributed by atoms with Gasteiger partial charge in [-0.1, -0.05) is 45.4 Å². The van der Waals surface area contributed by atoms with Gasteiger partial charge in [0.2, 0.25) is 8.32 Å². The van der Waals surface area contributed by atoms with Gasteiger partial charge < -0.3 is 0 Å². The van der Waals surface area contributed by atoms with E-state index in [0.29, 0.717) is 0 Å². The second-order valence-corrected chi connectivity index (χ2v) is 11.4. The lowest BCUT2D eigenvalue weighted by atomic mass is 10.5. The van der Waals surface area contributed by atoms with Gasteiger partial charge in [0.1, 0.15) is 0 Å². The summed E-state index contributed by atoms with van der Waals surface area (Å²) in [6.45, 7) is 11.4. The van der Waals surface area contributed by atoms with E-state index in [0.717, 1.165) is 0 Å². The zero-order chi connectivity index (χ0) is 12.4. The third kappa shape index (κ3) is 3.53. The van der Waals surface area contributed by atoms with Crippen LogP contribution < -0.4 is 0 Å². The van der Waals surface area contributed by atoms with Gasteiger partial charge in [0.05, 0.1) is 0 Å². The molecule has 0 saturated heterocycles. The Morgan fingerprint density at radius 2 is 1.20 bits per heavy atom. The Morgan fingerprint density at radius 3 is 1.27 bits per heavy atom. The number of rotatable bonds is 5. The second kappa shape index (κ2) is 4.93. The fourth-order valence-electron chi connectivity index (χ4n) is 2.46. The molecule has 0 fully saturated rings. The van der Waals surface area contributed by atoms with Crippen molar-refractivity contribution in [1.82, 2.24) is 0 Å². The minimum Gasteiger partial charge on any atom is -0.289 e. The molecule has 0 aliphatic heterocycles. The first-order valence-electron chi connectivity index (χ1n) is 5.19. The van der Waals surface area contributed by atoms with Gasteiger partial charge in [-0.25, -0.2) is 0 Å². The Morgan fingerprint density at radius 1 is 0.933 bits per heavy atom. The molecule has 0 N–H and O–H groups in total. The fourth-order valence-corrected chi connectivity index (χ4v) is 10.1. The Kier molecular flexibility index (Phi) is 4.94. The number of hydrogen-bond acceptors (Lipinski definition) is 3. The van der Waals surface area contributed by atoms with Crippen molar-refractivity contribution < 1.29 is 16.2 Å². The van der Waals surface area contributed by atoms with Crippen molar-refractivity contribution in [1.29, 1.82) is 0 Å². The van der Waals surface area contributed by atoms with Crippen molar-refractivity contribution >= 4 is 18.8 Å². The van der Waals surface area contributed by atoms with E-state index in [1.165, 1.54) is 0 Å². The predicted octanol–water partition coefficient (Wildman–Crippen LogP) is 3.39. The zero-order valence-electron chi connectivity index (χ0n) is 10.2. The quantitative estimate of drug-likeness (QED) is 0.559. The molecule has 0 amide bonds. The molecule has 0 aliphatic carbocycles. The molecule has 0 unspecified atom stereocenters. The topological polar surface area (TPSA) is 43.4 Å². The largest absolute Gasteiger partial charge is 0.427 e. The lowest BCUT2D eigenvalue weighted by molar-refractivity contribution is 0.410. The van der Waals surface area contributed by atoms with Gasteiger partial charge in [0, 0.05) is 0 Å². The lowest BCUT2D eigenvalue weighted by Crippen LogP contribution is -2.48. The van der Waals surface area contributed by atoms with E-state index in [4.69, 9.17) is 3.87 Å². The monoisotopic (exact) mass is 256 g/mol. The summed E-state index contributed by atoms with van der Waals surface area (Å²) in [5.41, 5.74) is 0.175. The van der Waals surface area contributed by atoms with Crippen LogP contribution in [-0.2, 0) is 14.4 Å². The molecule has 3 nitrogen and oxygen atoms in total. The SMILES string of the molecule is CC(C)[Si](OS(=O)(=O)F)(C(C)C)C(C)C. The number of halogens is 1. The van der Waals surface area contributed by atoms with Gasteiger partial charge >= 0.3 is 10.5 Å². The normalized spacial score (nSPS) is 14.3. The fraction of sp³-hybridized carbons (Fsp3) is 1.00. The third-order valence-corrected chi connectivity index (χ3v) is 10.3. The molecule has 0 aromatic heterocycles. The van der Waals surface area contributed by atoms with Crippen LogP contribution in [0.2, 0.25) is 16.6 Å². The lowest BCUT2D eigenvalue weighted by Gasteiger charge is -2.39. The van der Waals surface area contributed by atoms with Crippen LogP contribution in [0.3, 0.4) is 0 Å². The van der Waals surface area contributed by atoms with Crippen LogP contribution in [0.1, 0.15) is 41.5 Å². The molecule has 0 atom stereocenters. The minimum atomic E-state index is -4.86. The molecule has 0 bridgehead atoms. The molecule has 0 heterocycles. The van der Waals surface area contributed by atoms with E-state index >= 15 is 0 Å². The Labute approximate surface area is 93.6 Å². The van der Waals surface area contributed by atoms with Crippen LogP contribution in [0, 0.1) is 0 Å². The van der Waals surface area contributed by atoms with E-state index < -0.39 is 18.8 Å². The van der Waals surface area contributed by atoms with Gasteiger partial charge in [0.25, 0.3) is 0 Å². The summed E-state index contributed by atoms with van der Waals surface area (Å²) in [5.74, 6) is 0. The molecule has 0 aromatic rings. The van der Waals surface area contributed by atoms with Crippen molar-refractivity contribution in [3.05, 3.63) is 0 Å². The Hall–Kier alpha value is 0.0569. The first-order chi connectivity index (χ1) is 6.54. The summed E-state index contributed by atoms with van der Waals surface area (Å²) < 4.78 is 39.0. The third-order valence-electron chi connectivity index (χ3n) is 2.95. The van der Waals surface area contributed by atoms with Gasteiger partial charge in [-0.3, -0.25) is 3.87 Å². The van der Waals surface area contributed by atoms with E-state index in [1.54, 1.807) is 0 Å². The number of hydrogen-bond donors (Lipinski definition) is 0. The average molecular weight is 256 g/mol. The molecule has 0 saturated carbocycles. The molecule has 6 heteroatoms. The first kappa shape index (κ1) is 15.1. The van der Waals surface area contributed by atoms with Gasteiger partial charge in [-0.15, -0.1) is 0 Å². The van der Waals surface area contributed by atoms with Gasteiger partial charge in [-0.2, -0.15) is 8.42 Å². The highest BCUT2D eigenvalue weighted by Gasteiger charge is 2.49. The highest BCUT2D eigenvalue weighted by Crippen LogP contribution is 2.43. The molecule has 92 valence electrons. The van der Waals surface area contributed by atoms with Crippen molar-refractivity contribution in [3.8, 4) is 0 Å². The van der Waals surface area contributed by atoms with Crippen molar-refractivity contribution in [2.45, 2.75) is 58.2 Å². The van der Waals surface area contributed by atoms with Crippen LogP contribution in [0.4, 0.5) is 3.89 Å². The Balaban J connectivity index is 5.34. The minimum absolute atomic E-state index is 0.0584. The highest BCUT2D eigenvalue weighted by atomic mass is 32.3. The van der Waals surface area contributed by atoms with Crippen molar-refractivity contribution in [2.75, 3.05) is 0 Å². The van der Waals surface area contributed by atoms with Crippen LogP contribution in [0.5, 0.6) is 0 Å². The van der Waals surface area contributed by atoms with Crippen LogP contribution in [0.15, 0.2) is 0 Å². The van der Waals surface area contributed by atoms with Crippen LogP contribution in [-0.4, -0.2) is 16.7 Å². The maximum atomic E-state index is 12.7.